The molecule has 0 aliphatic carbocycles. The summed E-state index contributed by atoms with van der Waals surface area (Å²) < 4.78 is 0. The second-order valence-electron chi connectivity index (χ2n) is 4.71. The first-order valence-corrected chi connectivity index (χ1v) is 6.46. The third kappa shape index (κ3) is 2.33. The van der Waals surface area contributed by atoms with Gasteiger partial charge in [-0.3, -0.25) is 20.2 Å². The molecule has 4 heteroatoms. The fourth-order valence-electron chi connectivity index (χ4n) is 2.37. The number of amides is 2. The highest BCUT2D eigenvalue weighted by molar-refractivity contribution is 6.03. The summed E-state index contributed by atoms with van der Waals surface area (Å²) in [7, 11) is 0. The van der Waals surface area contributed by atoms with Crippen LogP contribution in [0.3, 0.4) is 0 Å². The molecule has 2 N–H and O–H groups in total. The van der Waals surface area contributed by atoms with Crippen molar-refractivity contribution in [2.45, 2.75) is 12.1 Å². The highest BCUT2D eigenvalue weighted by Crippen LogP contribution is 2.23. The third-order valence-corrected chi connectivity index (χ3v) is 3.37. The summed E-state index contributed by atoms with van der Waals surface area (Å²) in [6, 6.07) is 17.7. The normalized spacial score (nSPS) is 22.4. The van der Waals surface area contributed by atoms with Gasteiger partial charge in [-0.15, -0.1) is 0 Å². The predicted molar refractivity (Wildman–Crippen MR) is 74.7 cm³/mol. The third-order valence-electron chi connectivity index (χ3n) is 3.37. The van der Waals surface area contributed by atoms with E-state index in [4.69, 9.17) is 0 Å². The Balaban J connectivity index is 1.91. The lowest BCUT2D eigenvalue weighted by atomic mass is 9.98. The Morgan fingerprint density at radius 2 is 1.05 bits per heavy atom. The van der Waals surface area contributed by atoms with E-state index in [-0.39, 0.29) is 11.8 Å². The molecule has 20 heavy (non-hydrogen) atoms. The minimum Gasteiger partial charge on any atom is -0.293 e. The highest BCUT2D eigenvalue weighted by Gasteiger charge is 2.35. The van der Waals surface area contributed by atoms with Crippen LogP contribution < -0.4 is 10.6 Å². The molecule has 1 saturated heterocycles. The molecule has 0 spiro atoms. The Morgan fingerprint density at radius 1 is 0.650 bits per heavy atom. The van der Waals surface area contributed by atoms with Gasteiger partial charge in [0.15, 0.2) is 0 Å². The quantitative estimate of drug-likeness (QED) is 0.814. The van der Waals surface area contributed by atoms with Crippen molar-refractivity contribution < 1.29 is 9.59 Å². The van der Waals surface area contributed by atoms with Crippen LogP contribution in [0, 0.1) is 0 Å². The number of carbonyl (C=O) groups excluding carboxylic acids is 2. The summed E-state index contributed by atoms with van der Waals surface area (Å²) in [5.74, 6) is -0.623. The Labute approximate surface area is 116 Å². The molecule has 2 atom stereocenters. The lowest BCUT2D eigenvalue weighted by Gasteiger charge is -2.30. The van der Waals surface area contributed by atoms with E-state index in [1.165, 1.54) is 0 Å². The van der Waals surface area contributed by atoms with Gasteiger partial charge in [0.1, 0.15) is 12.1 Å². The molecule has 3 rings (SSSR count). The van der Waals surface area contributed by atoms with Crippen molar-refractivity contribution in [3.8, 4) is 0 Å². The zero-order chi connectivity index (χ0) is 13.9. The van der Waals surface area contributed by atoms with Gasteiger partial charge in [0.05, 0.1) is 0 Å². The molecule has 1 aliphatic heterocycles. The number of piperazine rings is 1. The van der Waals surface area contributed by atoms with Gasteiger partial charge in [-0.05, 0) is 11.1 Å². The van der Waals surface area contributed by atoms with Crippen LogP contribution in [-0.2, 0) is 9.59 Å². The maximum absolute atomic E-state index is 12.0. The molecular weight excluding hydrogens is 252 g/mol. The van der Waals surface area contributed by atoms with E-state index >= 15 is 0 Å². The summed E-state index contributed by atoms with van der Waals surface area (Å²) in [6.45, 7) is 0. The number of imide groups is 1. The van der Waals surface area contributed by atoms with Crippen molar-refractivity contribution in [3.05, 3.63) is 71.8 Å². The maximum Gasteiger partial charge on any atom is 0.248 e. The van der Waals surface area contributed by atoms with E-state index in [1.807, 2.05) is 60.7 Å². The average molecular weight is 266 g/mol. The zero-order valence-corrected chi connectivity index (χ0v) is 10.7. The Kier molecular flexibility index (Phi) is 3.31. The van der Waals surface area contributed by atoms with Crippen molar-refractivity contribution in [2.24, 2.45) is 0 Å². The van der Waals surface area contributed by atoms with Crippen molar-refractivity contribution in [1.29, 1.82) is 0 Å². The van der Waals surface area contributed by atoms with Gasteiger partial charge in [0.25, 0.3) is 0 Å². The van der Waals surface area contributed by atoms with Gasteiger partial charge in [-0.1, -0.05) is 60.7 Å². The van der Waals surface area contributed by atoms with Gasteiger partial charge in [-0.2, -0.15) is 0 Å². The molecule has 1 aliphatic rings. The molecule has 2 aromatic carbocycles. The van der Waals surface area contributed by atoms with Gasteiger partial charge in [0.2, 0.25) is 11.8 Å². The van der Waals surface area contributed by atoms with E-state index in [1.54, 1.807) is 0 Å². The lowest BCUT2D eigenvalue weighted by molar-refractivity contribution is -0.137. The van der Waals surface area contributed by atoms with Gasteiger partial charge < -0.3 is 0 Å². The number of benzene rings is 2. The van der Waals surface area contributed by atoms with Crippen LogP contribution in [-0.4, -0.2) is 11.8 Å². The first kappa shape index (κ1) is 12.6. The molecule has 1 heterocycles. The second kappa shape index (κ2) is 5.27. The SMILES string of the molecule is O=C1NC(=O)[C@H](c2ccccc2)N[C@H]1c1ccccc1. The average Bonchev–Trinajstić information content (AvgIpc) is 2.49. The number of nitrogens with one attached hydrogen (secondary N) is 2. The van der Waals surface area contributed by atoms with Crippen molar-refractivity contribution in [1.82, 2.24) is 10.6 Å². The fourth-order valence-corrected chi connectivity index (χ4v) is 2.37. The van der Waals surface area contributed by atoms with Crippen molar-refractivity contribution >= 4 is 11.8 Å². The molecule has 100 valence electrons. The van der Waals surface area contributed by atoms with Gasteiger partial charge in [-0.25, -0.2) is 0 Å². The summed E-state index contributed by atoms with van der Waals surface area (Å²) in [4.78, 5) is 24.0. The highest BCUT2D eigenvalue weighted by atomic mass is 16.2. The minimum atomic E-state index is -0.515. The summed E-state index contributed by atoms with van der Waals surface area (Å²) >= 11 is 0. The number of hydrogen-bond donors (Lipinski definition) is 2. The second-order valence-corrected chi connectivity index (χ2v) is 4.71. The van der Waals surface area contributed by atoms with Crippen LogP contribution in [0.1, 0.15) is 23.2 Å². The van der Waals surface area contributed by atoms with Crippen LogP contribution in [0.15, 0.2) is 60.7 Å². The van der Waals surface area contributed by atoms with E-state index < -0.39 is 12.1 Å². The van der Waals surface area contributed by atoms with Crippen LogP contribution >= 0.6 is 0 Å². The van der Waals surface area contributed by atoms with E-state index in [2.05, 4.69) is 10.6 Å². The molecule has 1 fully saturated rings. The Morgan fingerprint density at radius 3 is 1.45 bits per heavy atom. The monoisotopic (exact) mass is 266 g/mol. The lowest BCUT2D eigenvalue weighted by Crippen LogP contribution is -2.52. The van der Waals surface area contributed by atoms with Crippen LogP contribution in [0.4, 0.5) is 0 Å². The van der Waals surface area contributed by atoms with E-state index in [0.717, 1.165) is 11.1 Å². The molecule has 0 bridgehead atoms. The summed E-state index contributed by atoms with van der Waals surface area (Å²) in [6.07, 6.45) is 0. The standard InChI is InChI=1S/C16H14N2O2/c19-15-13(11-7-3-1-4-8-11)17-14(16(20)18-15)12-9-5-2-6-10-12/h1-10,13-14,17H,(H,18,19,20)/t13-,14-/m0/s1. The predicted octanol–water partition coefficient (Wildman–Crippen LogP) is 1.71. The molecule has 0 saturated carbocycles. The van der Waals surface area contributed by atoms with Crippen molar-refractivity contribution in [2.75, 3.05) is 0 Å². The largest absolute Gasteiger partial charge is 0.293 e. The zero-order valence-electron chi connectivity index (χ0n) is 10.7. The Bertz CT molecular complexity index is 570. The number of hydrogen-bond acceptors (Lipinski definition) is 3. The first-order chi connectivity index (χ1) is 9.75. The maximum atomic E-state index is 12.0. The van der Waals surface area contributed by atoms with Gasteiger partial charge >= 0.3 is 0 Å². The van der Waals surface area contributed by atoms with Crippen LogP contribution in [0.2, 0.25) is 0 Å². The van der Waals surface area contributed by atoms with Crippen LogP contribution in [0.5, 0.6) is 0 Å². The number of rotatable bonds is 2. The van der Waals surface area contributed by atoms with Crippen LogP contribution in [0.25, 0.3) is 0 Å². The summed E-state index contributed by atoms with van der Waals surface area (Å²) in [5, 5.41) is 5.56. The molecular formula is C16H14N2O2. The van der Waals surface area contributed by atoms with E-state index in [9.17, 15) is 9.59 Å². The molecule has 4 nitrogen and oxygen atoms in total. The summed E-state index contributed by atoms with van der Waals surface area (Å²) in [5.41, 5.74) is 1.69. The topological polar surface area (TPSA) is 58.2 Å². The van der Waals surface area contributed by atoms with Gasteiger partial charge in [0, 0.05) is 0 Å². The molecule has 2 amide bonds. The molecule has 0 aromatic heterocycles. The number of carbonyl (C=O) groups is 2. The Hall–Kier alpha value is -2.46. The smallest absolute Gasteiger partial charge is 0.248 e. The minimum absolute atomic E-state index is 0.312. The fraction of sp³-hybridized carbons (Fsp3) is 0.125. The van der Waals surface area contributed by atoms with Crippen molar-refractivity contribution in [3.63, 3.8) is 0 Å². The van der Waals surface area contributed by atoms with E-state index in [0.29, 0.717) is 0 Å². The first-order valence-electron chi connectivity index (χ1n) is 6.46. The molecule has 2 aromatic rings. The molecule has 0 unspecified atom stereocenters. The molecule has 0 radical (unpaired) electrons.